The van der Waals surface area contributed by atoms with Gasteiger partial charge in [0.1, 0.15) is 11.5 Å². The van der Waals surface area contributed by atoms with Gasteiger partial charge in [0.25, 0.3) is 0 Å². The molecule has 2 aromatic rings. The van der Waals surface area contributed by atoms with Gasteiger partial charge in [-0.05, 0) is 39.3 Å². The lowest BCUT2D eigenvalue weighted by Crippen LogP contribution is -2.21. The highest BCUT2D eigenvalue weighted by Crippen LogP contribution is 2.33. The Morgan fingerprint density at radius 3 is 2.68 bits per heavy atom. The molecular formula is C15H19N3O3S. The Kier molecular flexibility index (Phi) is 4.97. The molecule has 6 nitrogen and oxygen atoms in total. The molecule has 0 saturated heterocycles. The summed E-state index contributed by atoms with van der Waals surface area (Å²) in [5.74, 6) is -0.631. The molecule has 0 unspecified atom stereocenters. The quantitative estimate of drug-likeness (QED) is 0.859. The normalized spacial score (nSPS) is 10.5. The summed E-state index contributed by atoms with van der Waals surface area (Å²) in [6.45, 7) is 7.81. The van der Waals surface area contributed by atoms with E-state index in [0.717, 1.165) is 16.1 Å². The highest BCUT2D eigenvalue weighted by Gasteiger charge is 2.22. The van der Waals surface area contributed by atoms with Crippen molar-refractivity contribution in [2.24, 2.45) is 0 Å². The van der Waals surface area contributed by atoms with Gasteiger partial charge in [-0.1, -0.05) is 0 Å². The topological polar surface area (TPSA) is 73.2 Å². The van der Waals surface area contributed by atoms with Gasteiger partial charge in [0.15, 0.2) is 0 Å². The van der Waals surface area contributed by atoms with E-state index < -0.39 is 5.97 Å². The number of nitrogens with one attached hydrogen (secondary N) is 1. The molecule has 7 heteroatoms. The van der Waals surface area contributed by atoms with Gasteiger partial charge < -0.3 is 10.1 Å². The first kappa shape index (κ1) is 16.2. The Labute approximate surface area is 133 Å². The Bertz CT molecular complexity index is 703. The summed E-state index contributed by atoms with van der Waals surface area (Å²) >= 11 is 1.38. The second-order valence-electron chi connectivity index (χ2n) is 4.89. The molecule has 0 saturated carbocycles. The monoisotopic (exact) mass is 321 g/mol. The predicted molar refractivity (Wildman–Crippen MR) is 85.3 cm³/mol. The number of amides is 1. The number of rotatable bonds is 5. The Balaban J connectivity index is 2.18. The molecule has 0 fully saturated rings. The van der Waals surface area contributed by atoms with Gasteiger partial charge >= 0.3 is 5.97 Å². The first-order valence-corrected chi connectivity index (χ1v) is 7.81. The van der Waals surface area contributed by atoms with Crippen molar-refractivity contribution in [1.82, 2.24) is 9.78 Å². The molecule has 0 aliphatic heterocycles. The van der Waals surface area contributed by atoms with E-state index in [2.05, 4.69) is 10.4 Å². The van der Waals surface area contributed by atoms with Gasteiger partial charge in [-0.25, -0.2) is 4.79 Å². The molecule has 0 radical (unpaired) electrons. The molecule has 2 heterocycles. The van der Waals surface area contributed by atoms with Crippen molar-refractivity contribution in [2.75, 3.05) is 11.9 Å². The van der Waals surface area contributed by atoms with Gasteiger partial charge in [0.05, 0.1) is 12.2 Å². The van der Waals surface area contributed by atoms with Crippen LogP contribution < -0.4 is 5.32 Å². The van der Waals surface area contributed by atoms with Crippen molar-refractivity contribution < 1.29 is 14.3 Å². The van der Waals surface area contributed by atoms with E-state index in [1.807, 2.05) is 26.8 Å². The van der Waals surface area contributed by atoms with Gasteiger partial charge in [-0.2, -0.15) is 5.10 Å². The fourth-order valence-electron chi connectivity index (χ4n) is 2.03. The highest BCUT2D eigenvalue weighted by molar-refractivity contribution is 7.16. The molecule has 1 amide bonds. The molecule has 0 atom stereocenters. The fourth-order valence-corrected chi connectivity index (χ4v) is 3.10. The van der Waals surface area contributed by atoms with Crippen LogP contribution in [-0.4, -0.2) is 28.3 Å². The maximum Gasteiger partial charge on any atom is 0.341 e. The summed E-state index contributed by atoms with van der Waals surface area (Å²) < 4.78 is 6.67. The van der Waals surface area contributed by atoms with Gasteiger partial charge in [-0.3, -0.25) is 9.48 Å². The summed E-state index contributed by atoms with van der Waals surface area (Å²) in [4.78, 5) is 25.2. The maximum absolute atomic E-state index is 12.2. The van der Waals surface area contributed by atoms with E-state index in [0.29, 0.717) is 17.2 Å². The molecule has 0 aliphatic carbocycles. The van der Waals surface area contributed by atoms with Crippen molar-refractivity contribution in [3.8, 4) is 0 Å². The number of hydrogen-bond donors (Lipinski definition) is 1. The van der Waals surface area contributed by atoms with E-state index in [-0.39, 0.29) is 12.5 Å². The van der Waals surface area contributed by atoms with E-state index in [1.165, 1.54) is 11.3 Å². The Morgan fingerprint density at radius 2 is 2.09 bits per heavy atom. The number of esters is 1. The molecule has 0 aliphatic rings. The van der Waals surface area contributed by atoms with Crippen LogP contribution in [0.1, 0.15) is 33.4 Å². The minimum atomic E-state index is -0.407. The lowest BCUT2D eigenvalue weighted by molar-refractivity contribution is -0.116. The highest BCUT2D eigenvalue weighted by atomic mass is 32.1. The molecular weight excluding hydrogens is 302 g/mol. The standard InChI is InChI=1S/C15H19N3O3S/c1-5-21-15(20)13-10(3)11(4)22-14(13)17-12(19)8-18-9(2)6-7-16-18/h6-7H,5,8H2,1-4H3,(H,17,19). The van der Waals surface area contributed by atoms with E-state index in [1.54, 1.807) is 17.8 Å². The molecule has 0 aromatic carbocycles. The third-order valence-corrected chi connectivity index (χ3v) is 4.46. The summed E-state index contributed by atoms with van der Waals surface area (Å²) in [6, 6.07) is 1.83. The molecule has 2 aromatic heterocycles. The smallest absolute Gasteiger partial charge is 0.341 e. The van der Waals surface area contributed by atoms with Crippen LogP contribution in [-0.2, 0) is 16.1 Å². The van der Waals surface area contributed by atoms with Crippen molar-refractivity contribution in [1.29, 1.82) is 0 Å². The summed E-state index contributed by atoms with van der Waals surface area (Å²) in [5, 5.41) is 7.40. The fraction of sp³-hybridized carbons (Fsp3) is 0.400. The first-order valence-electron chi connectivity index (χ1n) is 6.99. The van der Waals surface area contributed by atoms with Crippen LogP contribution in [0.2, 0.25) is 0 Å². The van der Waals surface area contributed by atoms with Crippen molar-refractivity contribution in [2.45, 2.75) is 34.2 Å². The van der Waals surface area contributed by atoms with E-state index in [4.69, 9.17) is 4.74 Å². The van der Waals surface area contributed by atoms with Crippen LogP contribution in [0.25, 0.3) is 0 Å². The van der Waals surface area contributed by atoms with Crippen LogP contribution in [0, 0.1) is 20.8 Å². The number of anilines is 1. The minimum Gasteiger partial charge on any atom is -0.462 e. The summed E-state index contributed by atoms with van der Waals surface area (Å²) in [7, 11) is 0. The van der Waals surface area contributed by atoms with Crippen molar-refractivity contribution >= 4 is 28.2 Å². The number of carbonyl (C=O) groups is 2. The molecule has 22 heavy (non-hydrogen) atoms. The molecule has 1 N–H and O–H groups in total. The number of hydrogen-bond acceptors (Lipinski definition) is 5. The minimum absolute atomic E-state index is 0.108. The lowest BCUT2D eigenvalue weighted by Gasteiger charge is -2.08. The van der Waals surface area contributed by atoms with Crippen LogP contribution in [0.15, 0.2) is 12.3 Å². The van der Waals surface area contributed by atoms with Crippen molar-refractivity contribution in [3.63, 3.8) is 0 Å². The maximum atomic E-state index is 12.2. The molecule has 0 bridgehead atoms. The van der Waals surface area contributed by atoms with Gasteiger partial charge in [-0.15, -0.1) is 11.3 Å². The number of nitrogens with zero attached hydrogens (tertiary/aromatic N) is 2. The van der Waals surface area contributed by atoms with Crippen LogP contribution >= 0.6 is 11.3 Å². The summed E-state index contributed by atoms with van der Waals surface area (Å²) in [5.41, 5.74) is 2.18. The van der Waals surface area contributed by atoms with Crippen LogP contribution in [0.5, 0.6) is 0 Å². The molecule has 2 rings (SSSR count). The number of ether oxygens (including phenoxy) is 1. The number of thiophene rings is 1. The third kappa shape index (κ3) is 3.36. The average molecular weight is 321 g/mol. The first-order chi connectivity index (χ1) is 10.4. The molecule has 118 valence electrons. The second-order valence-corrected chi connectivity index (χ2v) is 6.11. The second kappa shape index (κ2) is 6.74. The summed E-state index contributed by atoms with van der Waals surface area (Å²) in [6.07, 6.45) is 1.64. The number of aryl methyl sites for hydroxylation is 2. The van der Waals surface area contributed by atoms with E-state index in [9.17, 15) is 9.59 Å². The largest absolute Gasteiger partial charge is 0.462 e. The Hall–Kier alpha value is -2.15. The SMILES string of the molecule is CCOC(=O)c1c(NC(=O)Cn2nccc2C)sc(C)c1C. The lowest BCUT2D eigenvalue weighted by atomic mass is 10.1. The van der Waals surface area contributed by atoms with Gasteiger partial charge in [0.2, 0.25) is 5.91 Å². The van der Waals surface area contributed by atoms with Crippen molar-refractivity contribution in [3.05, 3.63) is 34.0 Å². The number of carbonyl (C=O) groups excluding carboxylic acids is 2. The average Bonchev–Trinajstić information content (AvgIpc) is 2.95. The zero-order valence-electron chi connectivity index (χ0n) is 13.1. The predicted octanol–water partition coefficient (Wildman–Crippen LogP) is 2.69. The molecule has 0 spiro atoms. The zero-order chi connectivity index (χ0) is 16.3. The van der Waals surface area contributed by atoms with Crippen LogP contribution in [0.4, 0.5) is 5.00 Å². The van der Waals surface area contributed by atoms with Crippen LogP contribution in [0.3, 0.4) is 0 Å². The Morgan fingerprint density at radius 1 is 1.36 bits per heavy atom. The third-order valence-electron chi connectivity index (χ3n) is 3.34. The van der Waals surface area contributed by atoms with Gasteiger partial charge in [0, 0.05) is 16.8 Å². The number of aromatic nitrogens is 2. The van der Waals surface area contributed by atoms with E-state index >= 15 is 0 Å². The zero-order valence-corrected chi connectivity index (χ0v) is 13.9.